The number of esters is 1. The van der Waals surface area contributed by atoms with Crippen molar-refractivity contribution in [3.63, 3.8) is 0 Å². The lowest BCUT2D eigenvalue weighted by molar-refractivity contribution is -0.159. The number of carbonyl (C=O) groups is 4. The van der Waals surface area contributed by atoms with Crippen molar-refractivity contribution in [2.24, 2.45) is 11.8 Å². The van der Waals surface area contributed by atoms with Gasteiger partial charge < -0.3 is 29.7 Å². The Kier molecular flexibility index (Phi) is 11.7. The topological polar surface area (TPSA) is 156 Å². The second-order valence-electron chi connectivity index (χ2n) is 12.8. The SMILES string of the molecule is C=CCCC(=O)NC[C@H](C)OC(=O)[C@H]1[C@@H]2O[C@@]3(CC2Br)[C@@H]1C(=O)N(CCCCCCO)[C@@H]3C(=O)N(CC=C)Cn1nnc2ccccc21. The fourth-order valence-electron chi connectivity index (χ4n) is 7.29. The van der Waals surface area contributed by atoms with Gasteiger partial charge in [0.05, 0.1) is 30.0 Å². The van der Waals surface area contributed by atoms with Crippen molar-refractivity contribution in [3.8, 4) is 0 Å². The lowest BCUT2D eigenvalue weighted by Crippen LogP contribution is -2.57. The van der Waals surface area contributed by atoms with E-state index in [-0.39, 0.29) is 55.3 Å². The minimum atomic E-state index is -1.26. The third-order valence-corrected chi connectivity index (χ3v) is 10.3. The van der Waals surface area contributed by atoms with E-state index in [1.807, 2.05) is 24.3 Å². The Bertz CT molecular complexity index is 1520. The first-order valence-corrected chi connectivity index (χ1v) is 17.6. The fraction of sp³-hybridized carbons (Fsp3) is 0.588. The van der Waals surface area contributed by atoms with E-state index in [1.165, 1.54) is 0 Å². The number of carbonyl (C=O) groups excluding carboxylic acids is 4. The van der Waals surface area contributed by atoms with Gasteiger partial charge in [-0.2, -0.15) is 0 Å². The number of amides is 3. The zero-order chi connectivity index (χ0) is 34.4. The van der Waals surface area contributed by atoms with E-state index < -0.39 is 41.7 Å². The van der Waals surface area contributed by atoms with Crippen LogP contribution in [-0.2, 0) is 35.3 Å². The molecule has 1 spiro atoms. The minimum Gasteiger partial charge on any atom is -0.460 e. The first kappa shape index (κ1) is 35.7. The average Bonchev–Trinajstić information content (AvgIpc) is 3.79. The molecule has 48 heavy (non-hydrogen) atoms. The number of halogens is 1. The second kappa shape index (κ2) is 15.7. The summed E-state index contributed by atoms with van der Waals surface area (Å²) in [6, 6.07) is 6.46. The first-order chi connectivity index (χ1) is 23.2. The van der Waals surface area contributed by atoms with Crippen LogP contribution < -0.4 is 5.32 Å². The number of fused-ring (bicyclic) bond motifs is 2. The van der Waals surface area contributed by atoms with Crippen LogP contribution in [0.15, 0.2) is 49.6 Å². The zero-order valence-corrected chi connectivity index (χ0v) is 28.9. The number of unbranched alkanes of at least 4 members (excludes halogenated alkanes) is 3. The van der Waals surface area contributed by atoms with Crippen LogP contribution in [0.25, 0.3) is 11.0 Å². The van der Waals surface area contributed by atoms with Crippen LogP contribution >= 0.6 is 15.9 Å². The smallest absolute Gasteiger partial charge is 0.312 e. The quantitative estimate of drug-likeness (QED) is 0.102. The number of nitrogens with zero attached hydrogens (tertiary/aromatic N) is 5. The number of hydrogen-bond acceptors (Lipinski definition) is 9. The Morgan fingerprint density at radius 2 is 2.00 bits per heavy atom. The van der Waals surface area contributed by atoms with E-state index in [9.17, 15) is 24.3 Å². The van der Waals surface area contributed by atoms with Crippen LogP contribution in [0.5, 0.6) is 0 Å². The molecule has 3 amide bonds. The summed E-state index contributed by atoms with van der Waals surface area (Å²) in [5.41, 5.74) is 0.189. The summed E-state index contributed by atoms with van der Waals surface area (Å²) < 4.78 is 14.1. The van der Waals surface area contributed by atoms with Crippen molar-refractivity contribution in [3.05, 3.63) is 49.6 Å². The maximum absolute atomic E-state index is 14.7. The highest BCUT2D eigenvalue weighted by Gasteiger charge is 2.77. The van der Waals surface area contributed by atoms with Gasteiger partial charge in [-0.25, -0.2) is 4.68 Å². The number of allylic oxidation sites excluding steroid dienone is 1. The van der Waals surface area contributed by atoms with E-state index in [0.717, 1.165) is 18.4 Å². The fourth-order valence-corrected chi connectivity index (χ4v) is 8.24. The number of aliphatic hydroxyl groups excluding tert-OH is 1. The van der Waals surface area contributed by atoms with Crippen LogP contribution in [0.3, 0.4) is 0 Å². The van der Waals surface area contributed by atoms with Gasteiger partial charge >= 0.3 is 5.97 Å². The molecule has 3 fully saturated rings. The number of benzene rings is 1. The van der Waals surface area contributed by atoms with Crippen molar-refractivity contribution >= 4 is 50.7 Å². The molecule has 3 aliphatic rings. The zero-order valence-electron chi connectivity index (χ0n) is 27.3. The predicted octanol–water partition coefficient (Wildman–Crippen LogP) is 2.72. The molecule has 2 N–H and O–H groups in total. The Morgan fingerprint density at radius 1 is 1.23 bits per heavy atom. The normalized spacial score (nSPS) is 26.4. The van der Waals surface area contributed by atoms with E-state index in [2.05, 4.69) is 44.7 Å². The molecule has 3 aliphatic heterocycles. The summed E-state index contributed by atoms with van der Waals surface area (Å²) in [4.78, 5) is 57.9. The number of nitrogens with one attached hydrogen (secondary N) is 1. The van der Waals surface area contributed by atoms with Gasteiger partial charge in [0.25, 0.3) is 0 Å². The van der Waals surface area contributed by atoms with Crippen LogP contribution in [0.4, 0.5) is 0 Å². The minimum absolute atomic E-state index is 0.0732. The summed E-state index contributed by atoms with van der Waals surface area (Å²) in [7, 11) is 0. The predicted molar refractivity (Wildman–Crippen MR) is 180 cm³/mol. The van der Waals surface area contributed by atoms with Gasteiger partial charge in [-0.05, 0) is 44.7 Å². The van der Waals surface area contributed by atoms with Gasteiger partial charge in [-0.1, -0.05) is 58.3 Å². The summed E-state index contributed by atoms with van der Waals surface area (Å²) in [6.07, 6.45) is 5.96. The highest BCUT2D eigenvalue weighted by molar-refractivity contribution is 9.09. The molecule has 14 heteroatoms. The molecule has 2 bridgehead atoms. The molecule has 1 aromatic carbocycles. The number of ether oxygens (including phenoxy) is 2. The highest BCUT2D eigenvalue weighted by atomic mass is 79.9. The van der Waals surface area contributed by atoms with Gasteiger partial charge in [0, 0.05) is 30.9 Å². The number of likely N-dealkylation sites (tertiary alicyclic amines) is 1. The molecular formula is C34H45BrN6O7. The van der Waals surface area contributed by atoms with Crippen LogP contribution in [0.1, 0.15) is 51.9 Å². The number of rotatable bonds is 18. The molecule has 1 aromatic heterocycles. The molecule has 5 rings (SSSR count). The molecule has 0 aliphatic carbocycles. The van der Waals surface area contributed by atoms with Gasteiger partial charge in [-0.15, -0.1) is 18.3 Å². The van der Waals surface area contributed by atoms with Crippen molar-refractivity contribution in [1.82, 2.24) is 30.1 Å². The standard InChI is InChI=1S/C34H45BrN6O7/c1-4-6-15-26(43)36-20-22(3)47-33(46)27-28-31(44)40(17-11-7-8-12-18-42)30(34(28)19-23(35)29(27)48-34)32(45)39(16-5-2)21-41-25-14-10-9-13-24(25)37-38-41/h4-5,9-10,13-14,22-23,27-30,42H,1-2,6-8,11-12,15-21H2,3H3,(H,36,43)/t22-,23?,27+,28-,29+,30+,34-/m0/s1. The largest absolute Gasteiger partial charge is 0.460 e. The number of alkyl halides is 1. The molecule has 0 radical (unpaired) electrons. The second-order valence-corrected chi connectivity index (χ2v) is 14.0. The number of aromatic nitrogens is 3. The van der Waals surface area contributed by atoms with Crippen molar-refractivity contribution in [2.75, 3.05) is 26.2 Å². The Balaban J connectivity index is 1.41. The lowest BCUT2D eigenvalue weighted by Gasteiger charge is -2.37. The average molecular weight is 730 g/mol. The monoisotopic (exact) mass is 728 g/mol. The van der Waals surface area contributed by atoms with Crippen molar-refractivity contribution < 1.29 is 33.8 Å². The maximum Gasteiger partial charge on any atom is 0.312 e. The molecular weight excluding hydrogens is 684 g/mol. The van der Waals surface area contributed by atoms with Gasteiger partial charge in [0.15, 0.2) is 0 Å². The van der Waals surface area contributed by atoms with E-state index >= 15 is 0 Å². The summed E-state index contributed by atoms with van der Waals surface area (Å²) in [5.74, 6) is -3.26. The molecule has 0 saturated carbocycles. The van der Waals surface area contributed by atoms with Crippen LogP contribution in [0, 0.1) is 11.8 Å². The Hall–Kier alpha value is -3.62. The molecule has 2 aromatic rings. The number of hydrogen-bond donors (Lipinski definition) is 2. The summed E-state index contributed by atoms with van der Waals surface area (Å²) >= 11 is 3.70. The van der Waals surface area contributed by atoms with Crippen molar-refractivity contribution in [1.29, 1.82) is 0 Å². The molecule has 13 nitrogen and oxygen atoms in total. The number of para-hydroxylation sites is 1. The third-order valence-electron chi connectivity index (χ3n) is 9.47. The first-order valence-electron chi connectivity index (χ1n) is 16.7. The Labute approximate surface area is 288 Å². The van der Waals surface area contributed by atoms with Gasteiger partial charge in [-0.3, -0.25) is 19.2 Å². The van der Waals surface area contributed by atoms with E-state index in [0.29, 0.717) is 37.7 Å². The lowest BCUT2D eigenvalue weighted by atomic mass is 9.70. The molecule has 3 saturated heterocycles. The van der Waals surface area contributed by atoms with Crippen LogP contribution in [-0.4, -0.2) is 109 Å². The summed E-state index contributed by atoms with van der Waals surface area (Å²) in [5, 5.41) is 20.5. The molecule has 4 heterocycles. The van der Waals surface area contributed by atoms with Gasteiger partial charge in [0.1, 0.15) is 29.9 Å². The number of aliphatic hydroxyl groups is 1. The van der Waals surface area contributed by atoms with Crippen molar-refractivity contribution in [2.45, 2.75) is 87.2 Å². The molecule has 260 valence electrons. The molecule has 1 unspecified atom stereocenters. The Morgan fingerprint density at radius 3 is 2.75 bits per heavy atom. The highest BCUT2D eigenvalue weighted by Crippen LogP contribution is 2.60. The molecule has 7 atom stereocenters. The van der Waals surface area contributed by atoms with Crippen LogP contribution in [0.2, 0.25) is 0 Å². The summed E-state index contributed by atoms with van der Waals surface area (Å²) in [6.45, 7) is 9.94. The van der Waals surface area contributed by atoms with E-state index in [4.69, 9.17) is 9.47 Å². The van der Waals surface area contributed by atoms with Gasteiger partial charge in [0.2, 0.25) is 17.7 Å². The maximum atomic E-state index is 14.7. The third kappa shape index (κ3) is 7.06. The van der Waals surface area contributed by atoms with E-state index in [1.54, 1.807) is 33.6 Å².